The number of rotatable bonds is 3. The molecule has 1 saturated heterocycles. The fourth-order valence-electron chi connectivity index (χ4n) is 1.64. The van der Waals surface area contributed by atoms with Crippen LogP contribution in [0.25, 0.3) is 0 Å². The van der Waals surface area contributed by atoms with Crippen molar-refractivity contribution in [1.82, 2.24) is 5.32 Å². The standard InChI is InChI=1S/C10H11NO3S2/c12-6(5-15)7-1-2-8(16-7)10(14)3-4-11-9(10)13/h1-2,14-15H,3-5H2,(H,11,13). The van der Waals surface area contributed by atoms with Gasteiger partial charge >= 0.3 is 0 Å². The Labute approximate surface area is 102 Å². The maximum atomic E-state index is 11.5. The van der Waals surface area contributed by atoms with Crippen LogP contribution in [-0.4, -0.2) is 29.1 Å². The minimum absolute atomic E-state index is 0.0958. The summed E-state index contributed by atoms with van der Waals surface area (Å²) in [6.07, 6.45) is 0.348. The molecule has 86 valence electrons. The normalized spacial score (nSPS) is 24.5. The number of carbonyl (C=O) groups is 2. The Morgan fingerprint density at radius 1 is 1.62 bits per heavy atom. The van der Waals surface area contributed by atoms with Crippen LogP contribution in [0.2, 0.25) is 0 Å². The zero-order valence-electron chi connectivity index (χ0n) is 8.40. The molecule has 0 spiro atoms. The molecular weight excluding hydrogens is 246 g/mol. The van der Waals surface area contributed by atoms with Gasteiger partial charge in [-0.2, -0.15) is 12.6 Å². The van der Waals surface area contributed by atoms with Crippen LogP contribution in [-0.2, 0) is 10.4 Å². The van der Waals surface area contributed by atoms with E-state index in [2.05, 4.69) is 17.9 Å². The van der Waals surface area contributed by atoms with Gasteiger partial charge in [0.2, 0.25) is 0 Å². The van der Waals surface area contributed by atoms with Gasteiger partial charge < -0.3 is 10.4 Å². The molecule has 1 aromatic heterocycles. The number of carbonyl (C=O) groups excluding carboxylic acids is 2. The SMILES string of the molecule is O=C(CS)c1ccc(C2(O)CCNC2=O)s1. The number of hydrogen-bond acceptors (Lipinski definition) is 5. The molecule has 0 aromatic carbocycles. The molecule has 1 aliphatic rings. The highest BCUT2D eigenvalue weighted by molar-refractivity contribution is 7.81. The summed E-state index contributed by atoms with van der Waals surface area (Å²) in [5.41, 5.74) is -1.46. The Hall–Kier alpha value is -0.850. The van der Waals surface area contributed by atoms with E-state index in [0.717, 1.165) is 11.3 Å². The van der Waals surface area contributed by atoms with Crippen molar-refractivity contribution in [1.29, 1.82) is 0 Å². The minimum atomic E-state index is -1.46. The molecule has 1 fully saturated rings. The third kappa shape index (κ3) is 1.77. The van der Waals surface area contributed by atoms with Crippen LogP contribution >= 0.6 is 24.0 Å². The summed E-state index contributed by atoms with van der Waals surface area (Å²) in [6.45, 7) is 0.461. The average Bonchev–Trinajstić information content (AvgIpc) is 2.87. The molecule has 6 heteroatoms. The molecule has 4 nitrogen and oxygen atoms in total. The Balaban J connectivity index is 2.31. The molecule has 1 amide bonds. The average molecular weight is 257 g/mol. The van der Waals surface area contributed by atoms with Gasteiger partial charge in [-0.15, -0.1) is 11.3 Å². The van der Waals surface area contributed by atoms with Gasteiger partial charge in [0, 0.05) is 17.8 Å². The van der Waals surface area contributed by atoms with Crippen molar-refractivity contribution in [3.05, 3.63) is 21.9 Å². The highest BCUT2D eigenvalue weighted by Crippen LogP contribution is 2.34. The molecule has 2 N–H and O–H groups in total. The topological polar surface area (TPSA) is 66.4 Å². The predicted molar refractivity (Wildman–Crippen MR) is 64.0 cm³/mol. The molecule has 0 bridgehead atoms. The summed E-state index contributed by atoms with van der Waals surface area (Å²) < 4.78 is 0. The highest BCUT2D eigenvalue weighted by atomic mass is 32.1. The zero-order chi connectivity index (χ0) is 11.8. The van der Waals surface area contributed by atoms with Crippen molar-refractivity contribution in [3.8, 4) is 0 Å². The van der Waals surface area contributed by atoms with Gasteiger partial charge in [-0.1, -0.05) is 0 Å². The van der Waals surface area contributed by atoms with Crippen molar-refractivity contribution in [2.45, 2.75) is 12.0 Å². The summed E-state index contributed by atoms with van der Waals surface area (Å²) in [5, 5.41) is 12.7. The first-order valence-electron chi connectivity index (χ1n) is 4.83. The summed E-state index contributed by atoms with van der Waals surface area (Å²) >= 11 is 5.06. The molecule has 16 heavy (non-hydrogen) atoms. The Morgan fingerprint density at radius 3 is 2.94 bits per heavy atom. The van der Waals surface area contributed by atoms with Crippen LogP contribution in [0.1, 0.15) is 21.0 Å². The van der Waals surface area contributed by atoms with Crippen LogP contribution in [0.5, 0.6) is 0 Å². The highest BCUT2D eigenvalue weighted by Gasteiger charge is 2.43. The quantitative estimate of drug-likeness (QED) is 0.548. The number of ketones is 1. The number of amides is 1. The number of thiol groups is 1. The molecule has 0 radical (unpaired) electrons. The van der Waals surface area contributed by atoms with E-state index in [0.29, 0.717) is 22.7 Å². The second-order valence-corrected chi connectivity index (χ2v) is 5.01. The van der Waals surface area contributed by atoms with E-state index >= 15 is 0 Å². The molecule has 2 rings (SSSR count). The fourth-order valence-corrected chi connectivity index (χ4v) is 2.98. The van der Waals surface area contributed by atoms with Gasteiger partial charge in [0.25, 0.3) is 5.91 Å². The van der Waals surface area contributed by atoms with Crippen molar-refractivity contribution in [2.75, 3.05) is 12.3 Å². The summed E-state index contributed by atoms with van der Waals surface area (Å²) in [7, 11) is 0. The van der Waals surface area contributed by atoms with E-state index in [1.807, 2.05) is 0 Å². The van der Waals surface area contributed by atoms with Crippen molar-refractivity contribution in [2.24, 2.45) is 0 Å². The smallest absolute Gasteiger partial charge is 0.257 e. The number of hydrogen-bond donors (Lipinski definition) is 3. The minimum Gasteiger partial charge on any atom is -0.375 e. The number of thiophene rings is 1. The van der Waals surface area contributed by atoms with E-state index in [-0.39, 0.29) is 17.4 Å². The summed E-state index contributed by atoms with van der Waals surface area (Å²) in [4.78, 5) is 23.9. The molecule has 2 heterocycles. The van der Waals surface area contributed by atoms with Gasteiger partial charge in [-0.25, -0.2) is 0 Å². The van der Waals surface area contributed by atoms with Gasteiger partial charge in [-0.3, -0.25) is 9.59 Å². The number of Topliss-reactive ketones (excluding diaryl/α,β-unsaturated/α-hetero) is 1. The molecule has 1 aromatic rings. The molecule has 1 unspecified atom stereocenters. The monoisotopic (exact) mass is 257 g/mol. The van der Waals surface area contributed by atoms with E-state index in [1.54, 1.807) is 12.1 Å². The lowest BCUT2D eigenvalue weighted by atomic mass is 10.0. The fraction of sp³-hybridized carbons (Fsp3) is 0.400. The van der Waals surface area contributed by atoms with E-state index in [4.69, 9.17) is 0 Å². The first kappa shape index (κ1) is 11.6. The van der Waals surface area contributed by atoms with Crippen molar-refractivity contribution < 1.29 is 14.7 Å². The van der Waals surface area contributed by atoms with Gasteiger partial charge in [0.05, 0.1) is 10.6 Å². The lowest BCUT2D eigenvalue weighted by Gasteiger charge is -2.16. The van der Waals surface area contributed by atoms with Gasteiger partial charge in [0.15, 0.2) is 11.4 Å². The van der Waals surface area contributed by atoms with Crippen LogP contribution in [0.3, 0.4) is 0 Å². The Bertz CT molecular complexity index is 443. The van der Waals surface area contributed by atoms with Crippen LogP contribution in [0.15, 0.2) is 12.1 Å². The molecular formula is C10H11NO3S2. The first-order chi connectivity index (χ1) is 7.58. The number of nitrogens with one attached hydrogen (secondary N) is 1. The van der Waals surface area contributed by atoms with E-state index in [9.17, 15) is 14.7 Å². The van der Waals surface area contributed by atoms with Crippen molar-refractivity contribution >= 4 is 35.7 Å². The zero-order valence-corrected chi connectivity index (χ0v) is 10.1. The van der Waals surface area contributed by atoms with Gasteiger partial charge in [-0.05, 0) is 12.1 Å². The molecule has 0 saturated carbocycles. The lowest BCUT2D eigenvalue weighted by molar-refractivity contribution is -0.135. The third-order valence-electron chi connectivity index (χ3n) is 2.58. The second-order valence-electron chi connectivity index (χ2n) is 3.61. The van der Waals surface area contributed by atoms with Crippen LogP contribution in [0, 0.1) is 0 Å². The van der Waals surface area contributed by atoms with Crippen LogP contribution < -0.4 is 5.32 Å². The molecule has 1 aliphatic heterocycles. The molecule has 1 atom stereocenters. The Morgan fingerprint density at radius 2 is 2.38 bits per heavy atom. The van der Waals surface area contributed by atoms with Crippen molar-refractivity contribution in [3.63, 3.8) is 0 Å². The molecule has 0 aliphatic carbocycles. The maximum Gasteiger partial charge on any atom is 0.257 e. The maximum absolute atomic E-state index is 11.5. The Kier molecular flexibility index (Phi) is 3.05. The second kappa shape index (κ2) is 4.20. The first-order valence-corrected chi connectivity index (χ1v) is 6.28. The largest absolute Gasteiger partial charge is 0.375 e. The van der Waals surface area contributed by atoms with E-state index in [1.165, 1.54) is 0 Å². The van der Waals surface area contributed by atoms with Crippen LogP contribution in [0.4, 0.5) is 0 Å². The predicted octanol–water partition coefficient (Wildman–Crippen LogP) is 0.568. The summed E-state index contributed by atoms with van der Waals surface area (Å²) in [5.74, 6) is -0.356. The van der Waals surface area contributed by atoms with E-state index < -0.39 is 5.60 Å². The third-order valence-corrected chi connectivity index (χ3v) is 4.14. The van der Waals surface area contributed by atoms with Gasteiger partial charge in [0.1, 0.15) is 0 Å². The number of aliphatic hydroxyl groups is 1. The lowest BCUT2D eigenvalue weighted by Crippen LogP contribution is -2.34. The summed E-state index contributed by atoms with van der Waals surface area (Å²) in [6, 6.07) is 3.26.